The number of nitrogens with one attached hydrogen (secondary N) is 1. The molecule has 2 heterocycles. The second kappa shape index (κ2) is 5.73. The average molecular weight is 302 g/mol. The quantitative estimate of drug-likeness (QED) is 0.911. The fraction of sp³-hybridized carbons (Fsp3) is 0.333. The number of nitrogens with two attached hydrogens (primary N) is 1. The summed E-state index contributed by atoms with van der Waals surface area (Å²) in [5.74, 6) is 0.595. The molecule has 3 rings (SSSR count). The first-order valence-corrected chi connectivity index (χ1v) is 7.75. The van der Waals surface area contributed by atoms with Crippen molar-refractivity contribution in [2.45, 2.75) is 19.4 Å². The van der Waals surface area contributed by atoms with Gasteiger partial charge in [0.15, 0.2) is 0 Å². The predicted molar refractivity (Wildman–Crippen MR) is 86.4 cm³/mol. The molecule has 1 fully saturated rings. The van der Waals surface area contributed by atoms with Crippen LogP contribution in [0.4, 0.5) is 10.8 Å². The second-order valence-electron chi connectivity index (χ2n) is 5.25. The molecule has 0 aliphatic carbocycles. The minimum Gasteiger partial charge on any atom is -0.382 e. The lowest BCUT2D eigenvalue weighted by atomic mass is 10.1. The number of amides is 1. The first kappa shape index (κ1) is 13.9. The molecule has 1 aromatic carbocycles. The molecule has 1 unspecified atom stereocenters. The SMILES string of the molecule is CC(=O)NC1CCN(c2snc(N)c2-c2ccccc2)C1. The van der Waals surface area contributed by atoms with Crippen molar-refractivity contribution in [3.8, 4) is 11.1 Å². The van der Waals surface area contributed by atoms with E-state index in [1.54, 1.807) is 6.92 Å². The Morgan fingerprint density at radius 3 is 2.90 bits per heavy atom. The Hall–Kier alpha value is -2.08. The van der Waals surface area contributed by atoms with E-state index in [0.29, 0.717) is 5.82 Å². The number of anilines is 2. The van der Waals surface area contributed by atoms with Gasteiger partial charge in [-0.05, 0) is 23.5 Å². The van der Waals surface area contributed by atoms with Crippen molar-refractivity contribution in [1.82, 2.24) is 9.69 Å². The average Bonchev–Trinajstić information content (AvgIpc) is 3.05. The molecule has 1 saturated heterocycles. The number of hydrogen-bond acceptors (Lipinski definition) is 5. The summed E-state index contributed by atoms with van der Waals surface area (Å²) in [6.07, 6.45) is 0.950. The van der Waals surface area contributed by atoms with Crippen LogP contribution in [0.15, 0.2) is 30.3 Å². The van der Waals surface area contributed by atoms with Crippen molar-refractivity contribution in [2.24, 2.45) is 0 Å². The van der Waals surface area contributed by atoms with Crippen molar-refractivity contribution in [3.63, 3.8) is 0 Å². The summed E-state index contributed by atoms with van der Waals surface area (Å²) in [6, 6.07) is 10.3. The van der Waals surface area contributed by atoms with E-state index in [-0.39, 0.29) is 11.9 Å². The summed E-state index contributed by atoms with van der Waals surface area (Å²) in [5.41, 5.74) is 8.15. The Kier molecular flexibility index (Phi) is 3.79. The van der Waals surface area contributed by atoms with Crippen LogP contribution in [0.2, 0.25) is 0 Å². The van der Waals surface area contributed by atoms with E-state index in [0.717, 1.165) is 35.6 Å². The summed E-state index contributed by atoms with van der Waals surface area (Å²) in [4.78, 5) is 13.4. The molecule has 0 spiro atoms. The van der Waals surface area contributed by atoms with Gasteiger partial charge in [0.05, 0.1) is 5.56 Å². The largest absolute Gasteiger partial charge is 0.382 e. The van der Waals surface area contributed by atoms with Gasteiger partial charge in [-0.15, -0.1) is 0 Å². The zero-order valence-electron chi connectivity index (χ0n) is 11.9. The smallest absolute Gasteiger partial charge is 0.217 e. The van der Waals surface area contributed by atoms with E-state index >= 15 is 0 Å². The maximum Gasteiger partial charge on any atom is 0.217 e. The molecule has 0 saturated carbocycles. The van der Waals surface area contributed by atoms with Crippen molar-refractivity contribution >= 4 is 28.3 Å². The zero-order chi connectivity index (χ0) is 14.8. The molecule has 21 heavy (non-hydrogen) atoms. The van der Waals surface area contributed by atoms with Crippen LogP contribution in [0.3, 0.4) is 0 Å². The van der Waals surface area contributed by atoms with Crippen molar-refractivity contribution in [1.29, 1.82) is 0 Å². The lowest BCUT2D eigenvalue weighted by Gasteiger charge is -2.18. The van der Waals surface area contributed by atoms with Gasteiger partial charge in [-0.2, -0.15) is 4.37 Å². The van der Waals surface area contributed by atoms with Gasteiger partial charge < -0.3 is 16.0 Å². The summed E-state index contributed by atoms with van der Waals surface area (Å²) in [7, 11) is 0. The number of carbonyl (C=O) groups is 1. The number of benzene rings is 1. The van der Waals surface area contributed by atoms with Crippen LogP contribution in [-0.4, -0.2) is 29.4 Å². The monoisotopic (exact) mass is 302 g/mol. The molecule has 0 radical (unpaired) electrons. The summed E-state index contributed by atoms with van der Waals surface area (Å²) in [6.45, 7) is 3.27. The zero-order valence-corrected chi connectivity index (χ0v) is 12.7. The molecule has 1 aromatic heterocycles. The van der Waals surface area contributed by atoms with E-state index in [1.807, 2.05) is 30.3 Å². The normalized spacial score (nSPS) is 18.0. The molecule has 1 aliphatic heterocycles. The number of nitrogens with zero attached hydrogens (tertiary/aromatic N) is 2. The summed E-state index contributed by atoms with van der Waals surface area (Å²) < 4.78 is 4.31. The molecule has 110 valence electrons. The highest BCUT2D eigenvalue weighted by molar-refractivity contribution is 7.11. The lowest BCUT2D eigenvalue weighted by molar-refractivity contribution is -0.119. The molecule has 5 nitrogen and oxygen atoms in total. The van der Waals surface area contributed by atoms with Crippen LogP contribution in [0.1, 0.15) is 13.3 Å². The fourth-order valence-corrected chi connectivity index (χ4v) is 3.61. The van der Waals surface area contributed by atoms with Gasteiger partial charge in [-0.3, -0.25) is 4.79 Å². The number of aromatic nitrogens is 1. The van der Waals surface area contributed by atoms with Crippen LogP contribution in [-0.2, 0) is 4.79 Å². The highest BCUT2D eigenvalue weighted by atomic mass is 32.1. The second-order valence-corrected chi connectivity index (χ2v) is 6.00. The van der Waals surface area contributed by atoms with Crippen molar-refractivity contribution in [3.05, 3.63) is 30.3 Å². The Morgan fingerprint density at radius 1 is 1.43 bits per heavy atom. The number of hydrogen-bond donors (Lipinski definition) is 2. The minimum absolute atomic E-state index is 0.0222. The van der Waals surface area contributed by atoms with Gasteiger partial charge >= 0.3 is 0 Å². The summed E-state index contributed by atoms with van der Waals surface area (Å²) in [5, 5.41) is 4.07. The molecule has 3 N–H and O–H groups in total. The molecule has 0 bridgehead atoms. The van der Waals surface area contributed by atoms with Crippen molar-refractivity contribution in [2.75, 3.05) is 23.7 Å². The highest BCUT2D eigenvalue weighted by Crippen LogP contribution is 2.40. The van der Waals surface area contributed by atoms with Gasteiger partial charge in [-0.25, -0.2) is 0 Å². The Bertz CT molecular complexity index is 640. The molecule has 2 aromatic rings. The topological polar surface area (TPSA) is 71.2 Å². The highest BCUT2D eigenvalue weighted by Gasteiger charge is 2.27. The van der Waals surface area contributed by atoms with E-state index in [1.165, 1.54) is 11.5 Å². The maximum atomic E-state index is 11.2. The third-order valence-electron chi connectivity index (χ3n) is 3.65. The molecular weight excluding hydrogens is 284 g/mol. The number of nitrogen functional groups attached to an aromatic ring is 1. The minimum atomic E-state index is 0.0222. The first-order valence-electron chi connectivity index (χ1n) is 6.98. The van der Waals surface area contributed by atoms with Gasteiger partial charge in [0.2, 0.25) is 5.91 Å². The van der Waals surface area contributed by atoms with Gasteiger partial charge in [0, 0.05) is 26.1 Å². The maximum absolute atomic E-state index is 11.2. The van der Waals surface area contributed by atoms with Gasteiger partial charge in [0.25, 0.3) is 0 Å². The van der Waals surface area contributed by atoms with E-state index in [9.17, 15) is 4.79 Å². The summed E-state index contributed by atoms with van der Waals surface area (Å²) >= 11 is 1.43. The Morgan fingerprint density at radius 2 is 2.19 bits per heavy atom. The van der Waals surface area contributed by atoms with Crippen LogP contribution < -0.4 is 16.0 Å². The fourth-order valence-electron chi connectivity index (χ4n) is 2.74. The van der Waals surface area contributed by atoms with E-state index in [4.69, 9.17) is 5.73 Å². The Balaban J connectivity index is 1.86. The molecule has 1 atom stereocenters. The standard InChI is InChI=1S/C15H18N4OS/c1-10(20)17-12-7-8-19(9-12)15-13(14(16)18-21-15)11-5-3-2-4-6-11/h2-6,12H,7-9H2,1H3,(H2,16,18)(H,17,20). The third kappa shape index (κ3) is 2.85. The third-order valence-corrected chi connectivity index (χ3v) is 4.57. The van der Waals surface area contributed by atoms with Crippen LogP contribution in [0.5, 0.6) is 0 Å². The lowest BCUT2D eigenvalue weighted by Crippen LogP contribution is -2.35. The van der Waals surface area contributed by atoms with Crippen LogP contribution in [0, 0.1) is 0 Å². The molecule has 1 aliphatic rings. The van der Waals surface area contributed by atoms with Crippen LogP contribution >= 0.6 is 11.5 Å². The molecule has 1 amide bonds. The Labute approximate surface area is 127 Å². The van der Waals surface area contributed by atoms with Crippen LogP contribution in [0.25, 0.3) is 11.1 Å². The van der Waals surface area contributed by atoms with E-state index < -0.39 is 0 Å². The molecule has 6 heteroatoms. The van der Waals surface area contributed by atoms with Gasteiger partial charge in [-0.1, -0.05) is 30.3 Å². The first-order chi connectivity index (χ1) is 10.1. The van der Waals surface area contributed by atoms with Gasteiger partial charge in [0.1, 0.15) is 10.8 Å². The van der Waals surface area contributed by atoms with Crippen molar-refractivity contribution < 1.29 is 4.79 Å². The van der Waals surface area contributed by atoms with E-state index in [2.05, 4.69) is 14.6 Å². The molecular formula is C15H18N4OS. The predicted octanol–water partition coefficient (Wildman–Crippen LogP) is 2.11. The number of rotatable bonds is 3. The number of carbonyl (C=O) groups excluding carboxylic acids is 1.